The van der Waals surface area contributed by atoms with Gasteiger partial charge in [0.2, 0.25) is 5.91 Å². The largest absolute Gasteiger partial charge is 0.495 e. The second kappa shape index (κ2) is 10.1. The molecule has 0 spiro atoms. The lowest BCUT2D eigenvalue weighted by molar-refractivity contribution is -0.151. The molecular weight excluding hydrogens is 440 g/mol. The number of halogens is 1. The molecule has 168 valence electrons. The predicted octanol–water partition coefficient (Wildman–Crippen LogP) is 2.67. The van der Waals surface area contributed by atoms with E-state index in [1.54, 1.807) is 24.3 Å². The summed E-state index contributed by atoms with van der Waals surface area (Å²) in [5, 5.41) is 2.97. The van der Waals surface area contributed by atoms with Crippen LogP contribution in [-0.4, -0.2) is 51.1 Å². The Morgan fingerprint density at radius 2 is 1.84 bits per heavy atom. The van der Waals surface area contributed by atoms with Crippen molar-refractivity contribution in [2.75, 3.05) is 37.6 Å². The Labute approximate surface area is 189 Å². The Hall–Kier alpha value is -3.59. The van der Waals surface area contributed by atoms with Crippen molar-refractivity contribution >= 4 is 46.7 Å². The molecule has 0 aliphatic carbocycles. The zero-order chi connectivity index (χ0) is 23.3. The van der Waals surface area contributed by atoms with Gasteiger partial charge in [-0.05, 0) is 42.5 Å². The van der Waals surface area contributed by atoms with E-state index in [1.165, 1.54) is 37.3 Å². The molecule has 1 unspecified atom stereocenters. The lowest BCUT2D eigenvalue weighted by Gasteiger charge is -2.17. The molecule has 32 heavy (non-hydrogen) atoms. The molecule has 2 aromatic carbocycles. The van der Waals surface area contributed by atoms with Crippen molar-refractivity contribution in [2.45, 2.75) is 6.42 Å². The van der Waals surface area contributed by atoms with E-state index >= 15 is 0 Å². The number of hydrogen-bond donors (Lipinski definition) is 1. The van der Waals surface area contributed by atoms with Crippen LogP contribution in [0, 0.1) is 5.92 Å². The molecule has 10 heteroatoms. The maximum Gasteiger partial charge on any atom is 0.337 e. The molecule has 9 nitrogen and oxygen atoms in total. The molecule has 0 radical (unpaired) electrons. The summed E-state index contributed by atoms with van der Waals surface area (Å²) in [6.07, 6.45) is -0.0404. The zero-order valence-electron chi connectivity index (χ0n) is 17.4. The van der Waals surface area contributed by atoms with Crippen LogP contribution >= 0.6 is 11.6 Å². The average Bonchev–Trinajstić information content (AvgIpc) is 3.19. The lowest BCUT2D eigenvalue weighted by atomic mass is 10.1. The van der Waals surface area contributed by atoms with E-state index in [0.29, 0.717) is 27.7 Å². The van der Waals surface area contributed by atoms with Crippen LogP contribution < -0.4 is 15.0 Å². The van der Waals surface area contributed by atoms with Crippen molar-refractivity contribution in [3.63, 3.8) is 0 Å². The van der Waals surface area contributed by atoms with Crippen LogP contribution in [0.4, 0.5) is 11.4 Å². The minimum Gasteiger partial charge on any atom is -0.495 e. The first-order chi connectivity index (χ1) is 15.3. The molecule has 1 atom stereocenters. The number of esters is 2. The molecule has 2 aromatic rings. The Morgan fingerprint density at radius 1 is 1.12 bits per heavy atom. The number of carbonyl (C=O) groups is 4. The SMILES string of the molecule is COC(=O)c1ccc(N2CC(C(=O)OCC(=O)Nc3cc(Cl)ccc3OC)CC2=O)cc1. The van der Waals surface area contributed by atoms with E-state index in [9.17, 15) is 19.2 Å². The van der Waals surface area contributed by atoms with Gasteiger partial charge in [0.25, 0.3) is 5.91 Å². The number of nitrogens with one attached hydrogen (secondary N) is 1. The third kappa shape index (κ3) is 5.36. The molecule has 1 aliphatic rings. The Morgan fingerprint density at radius 3 is 2.50 bits per heavy atom. The van der Waals surface area contributed by atoms with Gasteiger partial charge in [0.15, 0.2) is 6.61 Å². The third-order valence-electron chi connectivity index (χ3n) is 4.84. The highest BCUT2D eigenvalue weighted by Crippen LogP contribution is 2.28. The quantitative estimate of drug-likeness (QED) is 0.632. The van der Waals surface area contributed by atoms with Crippen LogP contribution in [0.1, 0.15) is 16.8 Å². The monoisotopic (exact) mass is 460 g/mol. The lowest BCUT2D eigenvalue weighted by Crippen LogP contribution is -2.28. The van der Waals surface area contributed by atoms with Crippen molar-refractivity contribution < 1.29 is 33.4 Å². The van der Waals surface area contributed by atoms with Gasteiger partial charge >= 0.3 is 11.9 Å². The van der Waals surface area contributed by atoms with Gasteiger partial charge in [-0.2, -0.15) is 0 Å². The van der Waals surface area contributed by atoms with Gasteiger partial charge in [-0.15, -0.1) is 0 Å². The van der Waals surface area contributed by atoms with Gasteiger partial charge in [0.05, 0.1) is 31.4 Å². The molecule has 1 fully saturated rings. The van der Waals surface area contributed by atoms with E-state index in [1.807, 2.05) is 0 Å². The van der Waals surface area contributed by atoms with Crippen molar-refractivity contribution in [1.29, 1.82) is 0 Å². The smallest absolute Gasteiger partial charge is 0.337 e. The third-order valence-corrected chi connectivity index (χ3v) is 5.07. The average molecular weight is 461 g/mol. The number of nitrogens with zero attached hydrogens (tertiary/aromatic N) is 1. The Bertz CT molecular complexity index is 1040. The fourth-order valence-corrected chi connectivity index (χ4v) is 3.40. The highest BCUT2D eigenvalue weighted by molar-refractivity contribution is 6.31. The first-order valence-electron chi connectivity index (χ1n) is 9.61. The number of rotatable bonds is 7. The maximum atomic E-state index is 12.4. The topological polar surface area (TPSA) is 111 Å². The zero-order valence-corrected chi connectivity index (χ0v) is 18.2. The number of carbonyl (C=O) groups excluding carboxylic acids is 4. The van der Waals surface area contributed by atoms with Crippen LogP contribution in [0.25, 0.3) is 0 Å². The predicted molar refractivity (Wildman–Crippen MR) is 116 cm³/mol. The summed E-state index contributed by atoms with van der Waals surface area (Å²) in [5.74, 6) is -2.27. The number of methoxy groups -OCH3 is 2. The number of ether oxygens (including phenoxy) is 3. The molecule has 0 aromatic heterocycles. The van der Waals surface area contributed by atoms with Gasteiger partial charge < -0.3 is 24.4 Å². The maximum absolute atomic E-state index is 12.4. The van der Waals surface area contributed by atoms with Crippen LogP contribution in [0.5, 0.6) is 5.75 Å². The Kier molecular flexibility index (Phi) is 7.32. The molecule has 0 bridgehead atoms. The molecule has 2 amide bonds. The Balaban J connectivity index is 1.55. The van der Waals surface area contributed by atoms with Crippen LogP contribution in [-0.2, 0) is 23.9 Å². The fraction of sp³-hybridized carbons (Fsp3) is 0.273. The van der Waals surface area contributed by atoms with Gasteiger partial charge in [-0.1, -0.05) is 11.6 Å². The number of benzene rings is 2. The van der Waals surface area contributed by atoms with Gasteiger partial charge in [0.1, 0.15) is 5.75 Å². The second-order valence-electron chi connectivity index (χ2n) is 6.94. The van der Waals surface area contributed by atoms with Crippen molar-refractivity contribution in [1.82, 2.24) is 0 Å². The highest BCUT2D eigenvalue weighted by Gasteiger charge is 2.36. The van der Waals surface area contributed by atoms with Crippen molar-refractivity contribution in [3.05, 3.63) is 53.1 Å². The molecule has 1 aliphatic heterocycles. The van der Waals surface area contributed by atoms with Gasteiger partial charge in [-0.25, -0.2) is 4.79 Å². The van der Waals surface area contributed by atoms with Crippen LogP contribution in [0.3, 0.4) is 0 Å². The summed E-state index contributed by atoms with van der Waals surface area (Å²) < 4.78 is 14.9. The molecule has 1 heterocycles. The minimum absolute atomic E-state index is 0.0404. The summed E-state index contributed by atoms with van der Waals surface area (Å²) in [6, 6.07) is 11.0. The number of amides is 2. The molecule has 1 saturated heterocycles. The van der Waals surface area contributed by atoms with Crippen LogP contribution in [0.2, 0.25) is 5.02 Å². The summed E-state index contributed by atoms with van der Waals surface area (Å²) in [7, 11) is 2.73. The van der Waals surface area contributed by atoms with Crippen molar-refractivity contribution in [3.8, 4) is 5.75 Å². The molecule has 0 saturated carbocycles. The number of anilines is 2. The fourth-order valence-electron chi connectivity index (χ4n) is 3.23. The summed E-state index contributed by atoms with van der Waals surface area (Å²) >= 11 is 5.93. The van der Waals surface area contributed by atoms with E-state index in [2.05, 4.69) is 10.1 Å². The first kappa shape index (κ1) is 23.1. The van der Waals surface area contributed by atoms with Gasteiger partial charge in [0, 0.05) is 23.7 Å². The standard InChI is InChI=1S/C22H21ClN2O7/c1-30-18-8-5-15(23)10-17(18)24-19(26)12-32-22(29)14-9-20(27)25(11-14)16-6-3-13(4-7-16)21(28)31-2/h3-8,10,14H,9,11-12H2,1-2H3,(H,24,26). The first-order valence-corrected chi connectivity index (χ1v) is 9.99. The van der Waals surface area contributed by atoms with Gasteiger partial charge in [-0.3, -0.25) is 14.4 Å². The minimum atomic E-state index is -0.712. The molecule has 3 rings (SSSR count). The molecular formula is C22H21ClN2O7. The number of hydrogen-bond acceptors (Lipinski definition) is 7. The van der Waals surface area contributed by atoms with E-state index in [-0.39, 0.29) is 18.9 Å². The summed E-state index contributed by atoms with van der Waals surface area (Å²) in [5.41, 5.74) is 1.24. The van der Waals surface area contributed by atoms with E-state index < -0.39 is 30.4 Å². The molecule has 1 N–H and O–H groups in total. The van der Waals surface area contributed by atoms with Crippen LogP contribution in [0.15, 0.2) is 42.5 Å². The summed E-state index contributed by atoms with van der Waals surface area (Å²) in [6.45, 7) is -0.411. The summed E-state index contributed by atoms with van der Waals surface area (Å²) in [4.78, 5) is 49.9. The van der Waals surface area contributed by atoms with E-state index in [4.69, 9.17) is 21.1 Å². The highest BCUT2D eigenvalue weighted by atomic mass is 35.5. The van der Waals surface area contributed by atoms with Crippen molar-refractivity contribution in [2.24, 2.45) is 5.92 Å². The normalized spacial score (nSPS) is 15.3. The van der Waals surface area contributed by atoms with E-state index in [0.717, 1.165) is 0 Å². The second-order valence-corrected chi connectivity index (χ2v) is 7.38.